The molecule has 1 aliphatic heterocycles. The zero-order valence-electron chi connectivity index (χ0n) is 14.0. The third-order valence-corrected chi connectivity index (χ3v) is 5.42. The summed E-state index contributed by atoms with van der Waals surface area (Å²) in [6.45, 7) is 6.84. The molecule has 1 amide bonds. The highest BCUT2D eigenvalue weighted by atomic mass is 32.1. The fraction of sp³-hybridized carbons (Fsp3) is 0.444. The maximum absolute atomic E-state index is 12.4. The van der Waals surface area contributed by atoms with Crippen molar-refractivity contribution in [2.75, 3.05) is 32.7 Å². The van der Waals surface area contributed by atoms with Crippen molar-refractivity contribution in [1.29, 1.82) is 0 Å². The summed E-state index contributed by atoms with van der Waals surface area (Å²) in [5.74, 6) is 0.200. The normalized spacial score (nSPS) is 15.6. The van der Waals surface area contributed by atoms with E-state index in [1.165, 1.54) is 11.3 Å². The van der Waals surface area contributed by atoms with Gasteiger partial charge in [0.15, 0.2) is 0 Å². The van der Waals surface area contributed by atoms with Crippen LogP contribution in [0.4, 0.5) is 0 Å². The Morgan fingerprint density at radius 2 is 1.79 bits per heavy atom. The first-order valence-corrected chi connectivity index (χ1v) is 9.20. The molecule has 2 heterocycles. The number of hydrogen-bond acceptors (Lipinski definition) is 4. The van der Waals surface area contributed by atoms with Crippen LogP contribution in [0.3, 0.4) is 0 Å². The zero-order valence-corrected chi connectivity index (χ0v) is 14.8. The second kappa shape index (κ2) is 7.77. The second-order valence-corrected chi connectivity index (χ2v) is 7.00. The molecule has 0 N–H and O–H groups in total. The average molecular weight is 345 g/mol. The van der Waals surface area contributed by atoms with E-state index < -0.39 is 0 Å². The van der Waals surface area contributed by atoms with Gasteiger partial charge in [-0.2, -0.15) is 0 Å². The molecule has 3 rings (SSSR count). The highest BCUT2D eigenvalue weighted by molar-refractivity contribution is 7.07. The number of aryl methyl sites for hydroxylation is 1. The van der Waals surface area contributed by atoms with Crippen LogP contribution in [-0.2, 0) is 17.8 Å². The van der Waals surface area contributed by atoms with Gasteiger partial charge in [-0.1, -0.05) is 41.7 Å². The topological polar surface area (TPSA) is 45.6 Å². The maximum Gasteiger partial charge on any atom is 0.307 e. The number of carbonyl (C=O) groups is 1. The molecule has 24 heavy (non-hydrogen) atoms. The Bertz CT molecular complexity index is 730. The van der Waals surface area contributed by atoms with Crippen LogP contribution >= 0.6 is 11.3 Å². The van der Waals surface area contributed by atoms with Gasteiger partial charge in [-0.05, 0) is 12.5 Å². The predicted octanol–water partition coefficient (Wildman–Crippen LogP) is 1.61. The van der Waals surface area contributed by atoms with Gasteiger partial charge >= 0.3 is 4.87 Å². The van der Waals surface area contributed by atoms with Crippen molar-refractivity contribution in [2.24, 2.45) is 0 Å². The number of aromatic nitrogens is 1. The smallest absolute Gasteiger partial charge is 0.307 e. The quantitative estimate of drug-likeness (QED) is 0.827. The van der Waals surface area contributed by atoms with E-state index in [0.29, 0.717) is 6.42 Å². The Balaban J connectivity index is 1.45. The molecule has 0 aliphatic carbocycles. The molecule has 1 aromatic heterocycles. The summed E-state index contributed by atoms with van der Waals surface area (Å²) in [4.78, 5) is 28.5. The van der Waals surface area contributed by atoms with Crippen LogP contribution in [0.25, 0.3) is 0 Å². The molecule has 0 unspecified atom stereocenters. The first-order valence-electron chi connectivity index (χ1n) is 8.32. The summed E-state index contributed by atoms with van der Waals surface area (Å²) in [5.41, 5.74) is 2.10. The van der Waals surface area contributed by atoms with Gasteiger partial charge in [0.05, 0.1) is 6.42 Å². The molecule has 1 saturated heterocycles. The van der Waals surface area contributed by atoms with Crippen LogP contribution in [-0.4, -0.2) is 53.0 Å². The number of benzene rings is 1. The van der Waals surface area contributed by atoms with Crippen molar-refractivity contribution < 1.29 is 4.79 Å². The van der Waals surface area contributed by atoms with Crippen molar-refractivity contribution in [3.8, 4) is 0 Å². The maximum atomic E-state index is 12.4. The van der Waals surface area contributed by atoms with Gasteiger partial charge in [0.25, 0.3) is 0 Å². The highest BCUT2D eigenvalue weighted by Gasteiger charge is 2.21. The molecule has 5 nitrogen and oxygen atoms in total. The Kier molecular flexibility index (Phi) is 5.48. The number of nitrogens with zero attached hydrogens (tertiary/aromatic N) is 3. The minimum absolute atomic E-state index is 0.115. The van der Waals surface area contributed by atoms with Crippen molar-refractivity contribution in [1.82, 2.24) is 14.4 Å². The van der Waals surface area contributed by atoms with Gasteiger partial charge in [-0.3, -0.25) is 14.5 Å². The number of hydrogen-bond donors (Lipinski definition) is 0. The average Bonchev–Trinajstić information content (AvgIpc) is 2.92. The van der Waals surface area contributed by atoms with Gasteiger partial charge in [0.2, 0.25) is 5.91 Å². The van der Waals surface area contributed by atoms with Crippen LogP contribution in [0, 0.1) is 6.92 Å². The first kappa shape index (κ1) is 16.9. The fourth-order valence-electron chi connectivity index (χ4n) is 3.02. The van der Waals surface area contributed by atoms with Crippen molar-refractivity contribution in [3.63, 3.8) is 0 Å². The molecular formula is C18H23N3O2S. The minimum atomic E-state index is 0.115. The Morgan fingerprint density at radius 3 is 2.42 bits per heavy atom. The van der Waals surface area contributed by atoms with E-state index in [-0.39, 0.29) is 10.8 Å². The summed E-state index contributed by atoms with van der Waals surface area (Å²) in [6.07, 6.45) is 0.477. The first-order chi connectivity index (χ1) is 11.6. The Hall–Kier alpha value is -1.92. The van der Waals surface area contributed by atoms with Gasteiger partial charge in [-0.15, -0.1) is 0 Å². The SMILES string of the molecule is Cc1csc(=O)n1CCN1CCN(C(=O)Cc2ccccc2)CC1. The van der Waals surface area contributed by atoms with Gasteiger partial charge < -0.3 is 9.47 Å². The van der Waals surface area contributed by atoms with Crippen molar-refractivity contribution in [3.05, 3.63) is 56.6 Å². The summed E-state index contributed by atoms with van der Waals surface area (Å²) in [6, 6.07) is 9.89. The van der Waals surface area contributed by atoms with E-state index in [1.54, 1.807) is 0 Å². The number of piperazine rings is 1. The molecule has 0 saturated carbocycles. The Labute approximate surface area is 146 Å². The lowest BCUT2D eigenvalue weighted by Gasteiger charge is -2.34. The molecule has 1 fully saturated rings. The summed E-state index contributed by atoms with van der Waals surface area (Å²) in [7, 11) is 0. The standard InChI is InChI=1S/C18H23N3O2S/c1-15-14-24-18(23)21(15)12-9-19-7-10-20(11-8-19)17(22)13-16-5-3-2-4-6-16/h2-6,14H,7-13H2,1H3. The molecule has 0 spiro atoms. The largest absolute Gasteiger partial charge is 0.340 e. The minimum Gasteiger partial charge on any atom is -0.340 e. The molecule has 1 aromatic carbocycles. The number of rotatable bonds is 5. The highest BCUT2D eigenvalue weighted by Crippen LogP contribution is 2.08. The van der Waals surface area contributed by atoms with E-state index in [1.807, 2.05) is 52.1 Å². The van der Waals surface area contributed by atoms with E-state index in [2.05, 4.69) is 4.90 Å². The van der Waals surface area contributed by atoms with Gasteiger partial charge in [0, 0.05) is 50.3 Å². The van der Waals surface area contributed by atoms with Crippen LogP contribution in [0.2, 0.25) is 0 Å². The molecular weight excluding hydrogens is 322 g/mol. The van der Waals surface area contributed by atoms with Crippen molar-refractivity contribution in [2.45, 2.75) is 19.9 Å². The van der Waals surface area contributed by atoms with Gasteiger partial charge in [-0.25, -0.2) is 0 Å². The summed E-state index contributed by atoms with van der Waals surface area (Å²) < 4.78 is 1.83. The lowest BCUT2D eigenvalue weighted by Crippen LogP contribution is -2.49. The number of amides is 1. The molecule has 0 radical (unpaired) electrons. The second-order valence-electron chi connectivity index (χ2n) is 6.18. The lowest BCUT2D eigenvalue weighted by molar-refractivity contribution is -0.132. The van der Waals surface area contributed by atoms with E-state index >= 15 is 0 Å². The molecule has 128 valence electrons. The number of carbonyl (C=O) groups excluding carboxylic acids is 1. The zero-order chi connectivity index (χ0) is 16.9. The molecule has 0 bridgehead atoms. The lowest BCUT2D eigenvalue weighted by atomic mass is 10.1. The third-order valence-electron chi connectivity index (χ3n) is 4.54. The Morgan fingerprint density at radius 1 is 1.08 bits per heavy atom. The molecule has 1 aliphatic rings. The molecule has 2 aromatic rings. The monoisotopic (exact) mass is 345 g/mol. The van der Waals surface area contributed by atoms with Crippen LogP contribution < -0.4 is 4.87 Å². The van der Waals surface area contributed by atoms with Crippen LogP contribution in [0.1, 0.15) is 11.3 Å². The van der Waals surface area contributed by atoms with E-state index in [9.17, 15) is 9.59 Å². The predicted molar refractivity (Wildman–Crippen MR) is 96.5 cm³/mol. The summed E-state index contributed by atoms with van der Waals surface area (Å²) in [5, 5.41) is 1.91. The van der Waals surface area contributed by atoms with Gasteiger partial charge in [0.1, 0.15) is 0 Å². The summed E-state index contributed by atoms with van der Waals surface area (Å²) >= 11 is 1.26. The van der Waals surface area contributed by atoms with Crippen molar-refractivity contribution >= 4 is 17.2 Å². The van der Waals surface area contributed by atoms with Crippen LogP contribution in [0.5, 0.6) is 0 Å². The number of thiazole rings is 1. The van der Waals surface area contributed by atoms with E-state index in [4.69, 9.17) is 0 Å². The van der Waals surface area contributed by atoms with Crippen LogP contribution in [0.15, 0.2) is 40.5 Å². The molecule has 0 atom stereocenters. The van der Waals surface area contributed by atoms with E-state index in [0.717, 1.165) is 50.5 Å². The molecule has 6 heteroatoms. The third kappa shape index (κ3) is 4.13. The fourth-order valence-corrected chi connectivity index (χ4v) is 3.78.